The van der Waals surface area contributed by atoms with Crippen molar-refractivity contribution in [2.45, 2.75) is 13.5 Å². The van der Waals surface area contributed by atoms with Crippen LogP contribution in [0.5, 0.6) is 5.75 Å². The van der Waals surface area contributed by atoms with Gasteiger partial charge >= 0.3 is 5.97 Å². The first-order valence-corrected chi connectivity index (χ1v) is 10.5. The highest BCUT2D eigenvalue weighted by Crippen LogP contribution is 2.30. The van der Waals surface area contributed by atoms with E-state index >= 15 is 0 Å². The van der Waals surface area contributed by atoms with Crippen molar-refractivity contribution in [3.8, 4) is 11.4 Å². The zero-order valence-corrected chi connectivity index (χ0v) is 17.9. The first-order chi connectivity index (χ1) is 15.0. The number of rotatable bonds is 7. The molecule has 4 aromatic rings. The summed E-state index contributed by atoms with van der Waals surface area (Å²) in [5.41, 5.74) is 2.63. The number of hydrogen-bond acceptors (Lipinski definition) is 6. The SMILES string of the molecule is COc1cccc(CNC(=O)COC(=O)c2cc3c(C)nn(-c4ccccc4)c3s2)c1. The molecule has 0 saturated carbocycles. The van der Waals surface area contributed by atoms with Gasteiger partial charge in [-0.1, -0.05) is 30.3 Å². The van der Waals surface area contributed by atoms with Crippen LogP contribution in [0.2, 0.25) is 0 Å². The van der Waals surface area contributed by atoms with Gasteiger partial charge in [0.05, 0.1) is 18.5 Å². The van der Waals surface area contributed by atoms with Gasteiger partial charge in [-0.15, -0.1) is 11.3 Å². The van der Waals surface area contributed by atoms with Crippen molar-refractivity contribution in [3.63, 3.8) is 0 Å². The second-order valence-corrected chi connectivity index (χ2v) is 7.90. The quantitative estimate of drug-likeness (QED) is 0.446. The van der Waals surface area contributed by atoms with Crippen LogP contribution in [0.1, 0.15) is 20.9 Å². The lowest BCUT2D eigenvalue weighted by molar-refractivity contribution is -0.124. The molecule has 1 N–H and O–H groups in total. The highest BCUT2D eigenvalue weighted by Gasteiger charge is 2.19. The van der Waals surface area contributed by atoms with Gasteiger partial charge in [0.2, 0.25) is 0 Å². The van der Waals surface area contributed by atoms with Gasteiger partial charge < -0.3 is 14.8 Å². The maximum absolute atomic E-state index is 12.5. The maximum atomic E-state index is 12.5. The third kappa shape index (κ3) is 4.59. The summed E-state index contributed by atoms with van der Waals surface area (Å²) in [6, 6.07) is 18.9. The predicted molar refractivity (Wildman–Crippen MR) is 119 cm³/mol. The lowest BCUT2D eigenvalue weighted by Crippen LogP contribution is -2.28. The number of carbonyl (C=O) groups excluding carboxylic acids is 2. The first-order valence-electron chi connectivity index (χ1n) is 9.66. The smallest absolute Gasteiger partial charge is 0.348 e. The van der Waals surface area contributed by atoms with Crippen molar-refractivity contribution in [3.05, 3.63) is 76.8 Å². The number of esters is 1. The minimum Gasteiger partial charge on any atom is -0.497 e. The summed E-state index contributed by atoms with van der Waals surface area (Å²) in [5.74, 6) is -0.187. The third-order valence-corrected chi connectivity index (χ3v) is 5.80. The second kappa shape index (κ2) is 9.01. The average Bonchev–Trinajstić information content (AvgIpc) is 3.37. The van der Waals surface area contributed by atoms with E-state index in [2.05, 4.69) is 10.4 Å². The van der Waals surface area contributed by atoms with Crippen LogP contribution in [0.4, 0.5) is 0 Å². The minimum atomic E-state index is -0.531. The molecule has 4 rings (SSSR count). The van der Waals surface area contributed by atoms with E-state index in [1.165, 1.54) is 11.3 Å². The van der Waals surface area contributed by atoms with Crippen LogP contribution in [0, 0.1) is 6.92 Å². The summed E-state index contributed by atoms with van der Waals surface area (Å²) in [4.78, 5) is 25.9. The summed E-state index contributed by atoms with van der Waals surface area (Å²) >= 11 is 1.29. The van der Waals surface area contributed by atoms with Crippen molar-refractivity contribution < 1.29 is 19.1 Å². The van der Waals surface area contributed by atoms with E-state index in [1.807, 2.05) is 66.2 Å². The van der Waals surface area contributed by atoms with Gasteiger partial charge in [-0.3, -0.25) is 4.79 Å². The molecule has 2 aromatic heterocycles. The predicted octanol–water partition coefficient (Wildman–Crippen LogP) is 3.88. The molecule has 0 aliphatic carbocycles. The molecule has 2 aromatic carbocycles. The van der Waals surface area contributed by atoms with Crippen molar-refractivity contribution in [2.24, 2.45) is 0 Å². The molecule has 0 saturated heterocycles. The first kappa shape index (κ1) is 20.6. The van der Waals surface area contributed by atoms with Crippen LogP contribution in [0.15, 0.2) is 60.7 Å². The lowest BCUT2D eigenvalue weighted by Gasteiger charge is -2.07. The standard InChI is InChI=1S/C23H21N3O4S/c1-15-19-12-20(31-22(19)26(25-15)17-8-4-3-5-9-17)23(28)30-14-21(27)24-13-16-7-6-10-18(11-16)29-2/h3-12H,13-14H2,1-2H3,(H,24,27). The zero-order valence-electron chi connectivity index (χ0n) is 17.1. The molecule has 0 aliphatic heterocycles. The van der Waals surface area contributed by atoms with Crippen molar-refractivity contribution >= 4 is 33.4 Å². The summed E-state index contributed by atoms with van der Waals surface area (Å²) in [6.07, 6.45) is 0. The van der Waals surface area contributed by atoms with Crippen molar-refractivity contribution in [1.82, 2.24) is 15.1 Å². The average molecular weight is 436 g/mol. The normalized spacial score (nSPS) is 10.8. The molecule has 1 amide bonds. The molecular formula is C23H21N3O4S. The van der Waals surface area contributed by atoms with Crippen molar-refractivity contribution in [1.29, 1.82) is 0 Å². The Balaban J connectivity index is 1.39. The Morgan fingerprint density at radius 3 is 2.68 bits per heavy atom. The van der Waals surface area contributed by atoms with Crippen LogP contribution in [-0.4, -0.2) is 35.4 Å². The van der Waals surface area contributed by atoms with Crippen LogP contribution in [-0.2, 0) is 16.1 Å². The number of aromatic nitrogens is 2. The highest BCUT2D eigenvalue weighted by atomic mass is 32.1. The molecule has 0 spiro atoms. The van der Waals surface area contributed by atoms with E-state index in [1.54, 1.807) is 13.2 Å². The van der Waals surface area contributed by atoms with E-state index in [0.717, 1.165) is 27.2 Å². The number of carbonyl (C=O) groups is 2. The zero-order chi connectivity index (χ0) is 21.8. The van der Waals surface area contributed by atoms with Gasteiger partial charge in [0, 0.05) is 11.9 Å². The monoisotopic (exact) mass is 435 g/mol. The Labute approximate surface area is 183 Å². The van der Waals surface area contributed by atoms with E-state index < -0.39 is 5.97 Å². The minimum absolute atomic E-state index is 0.322. The number of nitrogens with zero attached hydrogens (tertiary/aromatic N) is 2. The number of para-hydroxylation sites is 1. The van der Waals surface area contributed by atoms with Gasteiger partial charge in [-0.05, 0) is 42.8 Å². The molecule has 2 heterocycles. The number of ether oxygens (including phenoxy) is 2. The Morgan fingerprint density at radius 1 is 1.10 bits per heavy atom. The number of benzene rings is 2. The number of aryl methyl sites for hydroxylation is 1. The fourth-order valence-electron chi connectivity index (χ4n) is 3.13. The number of hydrogen-bond donors (Lipinski definition) is 1. The van der Waals surface area contributed by atoms with Gasteiger partial charge in [-0.25, -0.2) is 9.48 Å². The number of nitrogens with one attached hydrogen (secondary N) is 1. The third-order valence-electron chi connectivity index (χ3n) is 4.70. The molecular weight excluding hydrogens is 414 g/mol. The molecule has 0 atom stereocenters. The number of methoxy groups -OCH3 is 1. The summed E-state index contributed by atoms with van der Waals surface area (Å²) in [6.45, 7) is 1.87. The molecule has 0 aliphatic rings. The van der Waals surface area contributed by atoms with Crippen LogP contribution >= 0.6 is 11.3 Å². The van der Waals surface area contributed by atoms with Gasteiger partial charge in [0.25, 0.3) is 5.91 Å². The van der Waals surface area contributed by atoms with E-state index in [9.17, 15) is 9.59 Å². The molecule has 0 bridgehead atoms. The fourth-order valence-corrected chi connectivity index (χ4v) is 4.20. The largest absolute Gasteiger partial charge is 0.497 e. The highest BCUT2D eigenvalue weighted by molar-refractivity contribution is 7.20. The lowest BCUT2D eigenvalue weighted by atomic mass is 10.2. The van der Waals surface area contributed by atoms with E-state index in [-0.39, 0.29) is 12.5 Å². The van der Waals surface area contributed by atoms with Gasteiger partial charge in [0.15, 0.2) is 6.61 Å². The Hall–Kier alpha value is -3.65. The maximum Gasteiger partial charge on any atom is 0.348 e. The topological polar surface area (TPSA) is 82.4 Å². The number of amides is 1. The fraction of sp³-hybridized carbons (Fsp3) is 0.174. The molecule has 8 heteroatoms. The van der Waals surface area contributed by atoms with Crippen molar-refractivity contribution in [2.75, 3.05) is 13.7 Å². The van der Waals surface area contributed by atoms with Crippen LogP contribution in [0.3, 0.4) is 0 Å². The van der Waals surface area contributed by atoms with Gasteiger partial charge in [0.1, 0.15) is 15.5 Å². The molecule has 31 heavy (non-hydrogen) atoms. The summed E-state index contributed by atoms with van der Waals surface area (Å²) in [7, 11) is 1.59. The van der Waals surface area contributed by atoms with Crippen LogP contribution in [0.25, 0.3) is 15.9 Å². The molecule has 7 nitrogen and oxygen atoms in total. The number of thiophene rings is 1. The van der Waals surface area contributed by atoms with Crippen LogP contribution < -0.4 is 10.1 Å². The van der Waals surface area contributed by atoms with Gasteiger partial charge in [-0.2, -0.15) is 5.10 Å². The molecule has 0 unspecified atom stereocenters. The molecule has 0 fully saturated rings. The molecule has 158 valence electrons. The Morgan fingerprint density at radius 2 is 1.90 bits per heavy atom. The van der Waals surface area contributed by atoms with E-state index in [4.69, 9.17) is 9.47 Å². The summed E-state index contributed by atoms with van der Waals surface area (Å²) in [5, 5.41) is 8.19. The van der Waals surface area contributed by atoms with E-state index in [0.29, 0.717) is 17.2 Å². The number of fused-ring (bicyclic) bond motifs is 1. The molecule has 0 radical (unpaired) electrons. The Bertz CT molecular complexity index is 1230. The summed E-state index contributed by atoms with van der Waals surface area (Å²) < 4.78 is 12.2. The Kier molecular flexibility index (Phi) is 5.99. The second-order valence-electron chi connectivity index (χ2n) is 6.87.